The molecule has 17 heavy (non-hydrogen) atoms. The van der Waals surface area contributed by atoms with Gasteiger partial charge in [0.05, 0.1) is 13.2 Å². The average molecular weight is 246 g/mol. The van der Waals surface area contributed by atoms with Crippen LogP contribution in [0.4, 0.5) is 0 Å². The highest BCUT2D eigenvalue weighted by Gasteiger charge is 2.13. The lowest BCUT2D eigenvalue weighted by atomic mass is 10.1. The van der Waals surface area contributed by atoms with E-state index in [0.29, 0.717) is 12.1 Å². The third kappa shape index (κ3) is 8.55. The first kappa shape index (κ1) is 16.8. The summed E-state index contributed by atoms with van der Waals surface area (Å²) in [5.74, 6) is 0. The van der Waals surface area contributed by atoms with Crippen LogP contribution in [0.25, 0.3) is 0 Å². The Balaban J connectivity index is 3.91. The van der Waals surface area contributed by atoms with Gasteiger partial charge in [-0.25, -0.2) is 0 Å². The highest BCUT2D eigenvalue weighted by molar-refractivity contribution is 4.68. The molecule has 0 aromatic heterocycles. The summed E-state index contributed by atoms with van der Waals surface area (Å²) in [6, 6.07) is 1.05. The predicted molar refractivity (Wildman–Crippen MR) is 72.5 cm³/mol. The standard InChI is InChI=1S/C13H30N2O2/c1-12(14-3)7-6-8-15(9-10-16-4)13(2)11-17-5/h12-14H,6-11H2,1-5H3. The molecular formula is C13H30N2O2. The van der Waals surface area contributed by atoms with Crippen LogP contribution in [-0.2, 0) is 9.47 Å². The maximum absolute atomic E-state index is 5.22. The number of nitrogens with one attached hydrogen (secondary N) is 1. The van der Waals surface area contributed by atoms with Crippen molar-refractivity contribution in [3.05, 3.63) is 0 Å². The molecule has 0 saturated heterocycles. The number of rotatable bonds is 11. The molecule has 0 amide bonds. The molecule has 0 heterocycles. The minimum absolute atomic E-state index is 0.458. The van der Waals surface area contributed by atoms with E-state index in [-0.39, 0.29) is 0 Å². The van der Waals surface area contributed by atoms with E-state index in [4.69, 9.17) is 9.47 Å². The van der Waals surface area contributed by atoms with Crippen molar-refractivity contribution in [1.29, 1.82) is 0 Å². The Kier molecular flexibility index (Phi) is 10.9. The lowest BCUT2D eigenvalue weighted by molar-refractivity contribution is 0.0737. The largest absolute Gasteiger partial charge is 0.383 e. The van der Waals surface area contributed by atoms with Crippen LogP contribution in [-0.4, -0.2) is 64.6 Å². The SMILES string of the molecule is CNC(C)CCCN(CCOC)C(C)COC. The Bertz CT molecular complexity index is 167. The molecule has 0 radical (unpaired) electrons. The van der Waals surface area contributed by atoms with Crippen molar-refractivity contribution >= 4 is 0 Å². The molecule has 0 fully saturated rings. The highest BCUT2D eigenvalue weighted by Crippen LogP contribution is 2.04. The maximum Gasteiger partial charge on any atom is 0.0615 e. The van der Waals surface area contributed by atoms with Crippen molar-refractivity contribution in [3.63, 3.8) is 0 Å². The summed E-state index contributed by atoms with van der Waals surface area (Å²) in [5, 5.41) is 3.27. The summed E-state index contributed by atoms with van der Waals surface area (Å²) in [4.78, 5) is 2.44. The molecule has 4 nitrogen and oxygen atoms in total. The molecule has 0 aliphatic heterocycles. The van der Waals surface area contributed by atoms with E-state index in [0.717, 1.165) is 26.3 Å². The minimum Gasteiger partial charge on any atom is -0.383 e. The smallest absolute Gasteiger partial charge is 0.0615 e. The molecule has 2 atom stereocenters. The van der Waals surface area contributed by atoms with Crippen LogP contribution in [0.2, 0.25) is 0 Å². The predicted octanol–water partition coefficient (Wildman–Crippen LogP) is 1.36. The topological polar surface area (TPSA) is 33.7 Å². The van der Waals surface area contributed by atoms with Gasteiger partial charge in [0, 0.05) is 32.8 Å². The molecule has 0 aromatic rings. The number of hydrogen-bond donors (Lipinski definition) is 1. The fraction of sp³-hybridized carbons (Fsp3) is 1.00. The Hall–Kier alpha value is -0.160. The molecule has 0 bridgehead atoms. The molecule has 2 unspecified atom stereocenters. The van der Waals surface area contributed by atoms with Gasteiger partial charge in [0.15, 0.2) is 0 Å². The van der Waals surface area contributed by atoms with E-state index in [1.807, 2.05) is 7.05 Å². The molecular weight excluding hydrogens is 216 g/mol. The normalized spacial score (nSPS) is 15.2. The molecule has 0 rings (SSSR count). The Morgan fingerprint density at radius 1 is 1.12 bits per heavy atom. The monoisotopic (exact) mass is 246 g/mol. The van der Waals surface area contributed by atoms with Crippen molar-refractivity contribution < 1.29 is 9.47 Å². The fourth-order valence-corrected chi connectivity index (χ4v) is 1.85. The van der Waals surface area contributed by atoms with E-state index < -0.39 is 0 Å². The first-order valence-corrected chi connectivity index (χ1v) is 6.54. The molecule has 0 spiro atoms. The maximum atomic E-state index is 5.22. The molecule has 4 heteroatoms. The van der Waals surface area contributed by atoms with Gasteiger partial charge in [0.2, 0.25) is 0 Å². The number of nitrogens with zero attached hydrogens (tertiary/aromatic N) is 1. The lowest BCUT2D eigenvalue weighted by Crippen LogP contribution is -2.39. The Morgan fingerprint density at radius 2 is 1.82 bits per heavy atom. The number of hydrogen-bond acceptors (Lipinski definition) is 4. The molecule has 0 aliphatic carbocycles. The molecule has 0 saturated carbocycles. The third-order valence-electron chi connectivity index (χ3n) is 3.19. The minimum atomic E-state index is 0.458. The van der Waals surface area contributed by atoms with E-state index in [1.54, 1.807) is 14.2 Å². The van der Waals surface area contributed by atoms with Crippen molar-refractivity contribution in [2.45, 2.75) is 38.8 Å². The summed E-state index contributed by atoms with van der Waals surface area (Å²) in [5.41, 5.74) is 0. The van der Waals surface area contributed by atoms with Gasteiger partial charge >= 0.3 is 0 Å². The van der Waals surface area contributed by atoms with Crippen LogP contribution in [0.15, 0.2) is 0 Å². The van der Waals surface area contributed by atoms with Crippen molar-refractivity contribution in [2.24, 2.45) is 0 Å². The van der Waals surface area contributed by atoms with Crippen LogP contribution in [0.5, 0.6) is 0 Å². The van der Waals surface area contributed by atoms with Gasteiger partial charge in [-0.2, -0.15) is 0 Å². The zero-order valence-electron chi connectivity index (χ0n) is 12.2. The zero-order chi connectivity index (χ0) is 13.1. The van der Waals surface area contributed by atoms with E-state index >= 15 is 0 Å². The van der Waals surface area contributed by atoms with Gasteiger partial charge < -0.3 is 14.8 Å². The third-order valence-corrected chi connectivity index (χ3v) is 3.19. The number of ether oxygens (including phenoxy) is 2. The number of methoxy groups -OCH3 is 2. The average Bonchev–Trinajstić information content (AvgIpc) is 2.33. The van der Waals surface area contributed by atoms with Crippen molar-refractivity contribution in [2.75, 3.05) is 47.6 Å². The summed E-state index contributed by atoms with van der Waals surface area (Å²) in [7, 11) is 5.53. The first-order valence-electron chi connectivity index (χ1n) is 6.54. The van der Waals surface area contributed by atoms with Crippen LogP contribution in [0.3, 0.4) is 0 Å². The summed E-state index contributed by atoms with van der Waals surface area (Å²) in [6.07, 6.45) is 2.42. The molecule has 1 N–H and O–H groups in total. The first-order chi connectivity index (χ1) is 8.15. The van der Waals surface area contributed by atoms with Crippen molar-refractivity contribution in [3.8, 4) is 0 Å². The molecule has 0 aromatic carbocycles. The van der Waals surface area contributed by atoms with E-state index in [9.17, 15) is 0 Å². The van der Waals surface area contributed by atoms with Gasteiger partial charge in [-0.3, -0.25) is 4.90 Å². The second-order valence-corrected chi connectivity index (χ2v) is 4.67. The molecule has 0 aliphatic rings. The summed E-state index contributed by atoms with van der Waals surface area (Å²) < 4.78 is 10.4. The second kappa shape index (κ2) is 11.0. The summed E-state index contributed by atoms with van der Waals surface area (Å²) >= 11 is 0. The quantitative estimate of drug-likeness (QED) is 0.597. The van der Waals surface area contributed by atoms with E-state index in [2.05, 4.69) is 24.1 Å². The van der Waals surface area contributed by atoms with Gasteiger partial charge in [0.1, 0.15) is 0 Å². The van der Waals surface area contributed by atoms with Crippen LogP contribution in [0.1, 0.15) is 26.7 Å². The van der Waals surface area contributed by atoms with Crippen molar-refractivity contribution in [1.82, 2.24) is 10.2 Å². The van der Waals surface area contributed by atoms with Gasteiger partial charge in [-0.15, -0.1) is 0 Å². The fourth-order valence-electron chi connectivity index (χ4n) is 1.85. The van der Waals surface area contributed by atoms with E-state index in [1.165, 1.54) is 12.8 Å². The van der Waals surface area contributed by atoms with Crippen LogP contribution < -0.4 is 5.32 Å². The highest BCUT2D eigenvalue weighted by atomic mass is 16.5. The Morgan fingerprint density at radius 3 is 2.35 bits per heavy atom. The van der Waals surface area contributed by atoms with Crippen LogP contribution in [0, 0.1) is 0 Å². The lowest BCUT2D eigenvalue weighted by Gasteiger charge is -2.28. The van der Waals surface area contributed by atoms with Gasteiger partial charge in [-0.05, 0) is 40.3 Å². The van der Waals surface area contributed by atoms with Crippen LogP contribution >= 0.6 is 0 Å². The second-order valence-electron chi connectivity index (χ2n) is 4.67. The molecule has 104 valence electrons. The zero-order valence-corrected chi connectivity index (χ0v) is 12.2. The van der Waals surface area contributed by atoms with Gasteiger partial charge in [0.25, 0.3) is 0 Å². The summed E-state index contributed by atoms with van der Waals surface area (Å²) in [6.45, 7) is 8.09. The Labute approximate surface area is 107 Å². The van der Waals surface area contributed by atoms with Gasteiger partial charge in [-0.1, -0.05) is 0 Å².